The Labute approximate surface area is 190 Å². The van der Waals surface area contributed by atoms with Crippen molar-refractivity contribution in [2.24, 2.45) is 0 Å². The van der Waals surface area contributed by atoms with E-state index < -0.39 is 17.6 Å². The van der Waals surface area contributed by atoms with Gasteiger partial charge in [-0.25, -0.2) is 9.97 Å². The van der Waals surface area contributed by atoms with E-state index in [2.05, 4.69) is 25.4 Å². The summed E-state index contributed by atoms with van der Waals surface area (Å²) in [7, 11) is 0. The van der Waals surface area contributed by atoms with Gasteiger partial charge in [-0.3, -0.25) is 4.79 Å². The molecule has 0 aliphatic heterocycles. The van der Waals surface area contributed by atoms with E-state index in [9.17, 15) is 18.0 Å². The summed E-state index contributed by atoms with van der Waals surface area (Å²) in [4.78, 5) is 24.0. The molecule has 172 valence electrons. The average molecular weight is 466 g/mol. The van der Waals surface area contributed by atoms with E-state index in [1.54, 1.807) is 44.3 Å². The topological polar surface area (TPSA) is 102 Å². The van der Waals surface area contributed by atoms with Gasteiger partial charge in [0.1, 0.15) is 17.1 Å². The third kappa shape index (κ3) is 4.03. The van der Waals surface area contributed by atoms with Crippen LogP contribution in [-0.4, -0.2) is 30.6 Å². The lowest BCUT2D eigenvalue weighted by molar-refractivity contribution is -0.137. The van der Waals surface area contributed by atoms with Gasteiger partial charge in [-0.15, -0.1) is 0 Å². The minimum Gasteiger partial charge on any atom is -0.361 e. The molecule has 2 N–H and O–H groups in total. The maximum absolute atomic E-state index is 13.6. The zero-order chi connectivity index (χ0) is 24.0. The molecular weight excluding hydrogens is 449 g/mol. The Balaban J connectivity index is 1.52. The van der Waals surface area contributed by atoms with Crippen LogP contribution in [0.25, 0.3) is 28.1 Å². The Morgan fingerprint density at radius 2 is 1.97 bits per heavy atom. The number of hydrogen-bond donors (Lipinski definition) is 2. The fourth-order valence-corrected chi connectivity index (χ4v) is 3.56. The molecular formula is C23H17F3N6O2. The van der Waals surface area contributed by atoms with Crippen LogP contribution >= 0.6 is 0 Å². The zero-order valence-corrected chi connectivity index (χ0v) is 17.9. The Morgan fingerprint density at radius 3 is 2.65 bits per heavy atom. The number of alkyl halides is 3. The molecule has 0 radical (unpaired) electrons. The summed E-state index contributed by atoms with van der Waals surface area (Å²) in [6.45, 7) is 3.38. The highest BCUT2D eigenvalue weighted by molar-refractivity contribution is 6.05. The number of hydrogen-bond acceptors (Lipinski definition) is 5. The number of fused-ring (bicyclic) bond motifs is 1. The van der Waals surface area contributed by atoms with Crippen LogP contribution in [0.2, 0.25) is 0 Å². The van der Waals surface area contributed by atoms with Gasteiger partial charge >= 0.3 is 6.18 Å². The van der Waals surface area contributed by atoms with Crippen molar-refractivity contribution in [3.05, 3.63) is 77.7 Å². The lowest BCUT2D eigenvalue weighted by atomic mass is 10.1. The minimum absolute atomic E-state index is 0.262. The molecule has 3 aromatic heterocycles. The third-order valence-electron chi connectivity index (χ3n) is 5.26. The molecule has 11 heteroatoms. The fraction of sp³-hybridized carbons (Fsp3) is 0.130. The number of nitrogens with one attached hydrogen (secondary N) is 2. The van der Waals surface area contributed by atoms with Gasteiger partial charge in [-0.1, -0.05) is 5.16 Å². The van der Waals surface area contributed by atoms with Gasteiger partial charge in [0.05, 0.1) is 34.8 Å². The number of halogens is 3. The number of carbonyl (C=O) groups excluding carboxylic acids is 1. The van der Waals surface area contributed by atoms with E-state index >= 15 is 0 Å². The van der Waals surface area contributed by atoms with E-state index in [4.69, 9.17) is 4.52 Å². The predicted octanol–water partition coefficient (Wildman–Crippen LogP) is 5.29. The molecule has 0 saturated carbocycles. The molecule has 8 nitrogen and oxygen atoms in total. The molecule has 5 aromatic rings. The molecule has 1 amide bonds. The first-order valence-corrected chi connectivity index (χ1v) is 10.1. The van der Waals surface area contributed by atoms with Crippen LogP contribution in [0.3, 0.4) is 0 Å². The summed E-state index contributed by atoms with van der Waals surface area (Å²) < 4.78 is 47.2. The van der Waals surface area contributed by atoms with Crippen LogP contribution in [0.15, 0.2) is 59.6 Å². The van der Waals surface area contributed by atoms with Crippen LogP contribution < -0.4 is 5.32 Å². The van der Waals surface area contributed by atoms with Gasteiger partial charge in [0.15, 0.2) is 0 Å². The molecule has 0 aliphatic rings. The molecule has 0 spiro atoms. The molecule has 0 aliphatic carbocycles. The Kier molecular flexibility index (Phi) is 4.96. The van der Waals surface area contributed by atoms with Crippen molar-refractivity contribution < 1.29 is 22.5 Å². The second kappa shape index (κ2) is 7.87. The van der Waals surface area contributed by atoms with Crippen LogP contribution in [0.4, 0.5) is 18.9 Å². The van der Waals surface area contributed by atoms with Crippen molar-refractivity contribution >= 4 is 22.6 Å². The summed E-state index contributed by atoms with van der Waals surface area (Å²) >= 11 is 0. The average Bonchev–Trinajstić information content (AvgIpc) is 3.52. The first kappa shape index (κ1) is 21.4. The number of rotatable bonds is 4. The minimum atomic E-state index is -4.54. The van der Waals surface area contributed by atoms with Crippen LogP contribution in [0, 0.1) is 13.8 Å². The highest BCUT2D eigenvalue weighted by Crippen LogP contribution is 2.34. The second-order valence-electron chi connectivity index (χ2n) is 7.76. The smallest absolute Gasteiger partial charge is 0.361 e. The molecule has 0 fully saturated rings. The van der Waals surface area contributed by atoms with E-state index in [0.29, 0.717) is 39.4 Å². The lowest BCUT2D eigenvalue weighted by Crippen LogP contribution is -2.11. The number of H-pyrrole nitrogens is 1. The summed E-state index contributed by atoms with van der Waals surface area (Å²) in [6.07, 6.45) is -0.115. The van der Waals surface area contributed by atoms with Gasteiger partial charge < -0.3 is 19.4 Å². The Bertz CT molecular complexity index is 1530. The molecule has 34 heavy (non-hydrogen) atoms. The molecule has 2 aromatic carbocycles. The van der Waals surface area contributed by atoms with Crippen molar-refractivity contribution in [1.82, 2.24) is 24.7 Å². The highest BCUT2D eigenvalue weighted by Gasteiger charge is 2.32. The Hall–Kier alpha value is -4.41. The number of aryl methyl sites for hydroxylation is 2. The quantitative estimate of drug-likeness (QED) is 0.375. The lowest BCUT2D eigenvalue weighted by Gasteiger charge is -2.12. The first-order valence-electron chi connectivity index (χ1n) is 10.1. The zero-order valence-electron chi connectivity index (χ0n) is 17.9. The van der Waals surface area contributed by atoms with Crippen molar-refractivity contribution in [3.8, 4) is 17.1 Å². The number of aromatic amines is 1. The standard InChI is InChI=1S/C23H17F3N6O2/c1-12-10-32(11-27-12)17-6-14(5-15(7-17)23(24,25)26)21-30-19-4-3-16(8-20(19)31-21)29-22(33)18-9-28-34-13(18)2/h3-11H,1-2H3,(H,29,33)(H,30,31). The summed E-state index contributed by atoms with van der Waals surface area (Å²) in [5.74, 6) is 0.249. The van der Waals surface area contributed by atoms with Crippen molar-refractivity contribution in [1.29, 1.82) is 0 Å². The monoisotopic (exact) mass is 466 g/mol. The molecule has 0 saturated heterocycles. The molecule has 3 heterocycles. The molecule has 0 atom stereocenters. The van der Waals surface area contributed by atoms with E-state index in [1.807, 2.05) is 0 Å². The van der Waals surface area contributed by atoms with Gasteiger partial charge in [-0.05, 0) is 50.2 Å². The summed E-state index contributed by atoms with van der Waals surface area (Å²) in [6, 6.07) is 8.69. The number of carbonyl (C=O) groups is 1. The number of anilines is 1. The first-order chi connectivity index (χ1) is 16.2. The molecule has 0 bridgehead atoms. The SMILES string of the molecule is Cc1cn(-c2cc(-c3nc4cc(NC(=O)c5cnoc5C)ccc4[nH]3)cc(C(F)(F)F)c2)cn1. The van der Waals surface area contributed by atoms with Gasteiger partial charge in [0, 0.05) is 23.1 Å². The molecule has 0 unspecified atom stereocenters. The van der Waals surface area contributed by atoms with Crippen molar-refractivity contribution in [2.45, 2.75) is 20.0 Å². The van der Waals surface area contributed by atoms with E-state index in [0.717, 1.165) is 12.1 Å². The summed E-state index contributed by atoms with van der Waals surface area (Å²) in [5.41, 5.74) is 2.30. The summed E-state index contributed by atoms with van der Waals surface area (Å²) in [5, 5.41) is 6.32. The number of benzene rings is 2. The van der Waals surface area contributed by atoms with Crippen LogP contribution in [0.1, 0.15) is 27.4 Å². The third-order valence-corrected chi connectivity index (χ3v) is 5.26. The fourth-order valence-electron chi connectivity index (χ4n) is 3.56. The van der Waals surface area contributed by atoms with Crippen LogP contribution in [-0.2, 0) is 6.18 Å². The maximum atomic E-state index is 13.6. The van der Waals surface area contributed by atoms with Gasteiger partial charge in [0.2, 0.25) is 0 Å². The normalized spacial score (nSPS) is 11.8. The van der Waals surface area contributed by atoms with E-state index in [1.165, 1.54) is 17.1 Å². The largest absolute Gasteiger partial charge is 0.416 e. The van der Waals surface area contributed by atoms with Crippen LogP contribution in [0.5, 0.6) is 0 Å². The van der Waals surface area contributed by atoms with Crippen molar-refractivity contribution in [3.63, 3.8) is 0 Å². The predicted molar refractivity (Wildman–Crippen MR) is 118 cm³/mol. The number of amides is 1. The second-order valence-corrected chi connectivity index (χ2v) is 7.76. The van der Waals surface area contributed by atoms with Gasteiger partial charge in [-0.2, -0.15) is 13.2 Å². The van der Waals surface area contributed by atoms with E-state index in [-0.39, 0.29) is 11.4 Å². The Morgan fingerprint density at radius 1 is 1.15 bits per heavy atom. The maximum Gasteiger partial charge on any atom is 0.416 e. The number of aromatic nitrogens is 5. The number of nitrogens with zero attached hydrogens (tertiary/aromatic N) is 4. The van der Waals surface area contributed by atoms with Gasteiger partial charge in [0.25, 0.3) is 5.91 Å². The highest BCUT2D eigenvalue weighted by atomic mass is 19.4. The van der Waals surface area contributed by atoms with Crippen molar-refractivity contribution in [2.75, 3.05) is 5.32 Å². The number of imidazole rings is 2. The molecule has 5 rings (SSSR count).